The van der Waals surface area contributed by atoms with Crippen LogP contribution in [0.25, 0.3) is 0 Å². The molecule has 0 N–H and O–H groups in total. The Hall–Kier alpha value is -4.58. The third-order valence-electron chi connectivity index (χ3n) is 9.98. The van der Waals surface area contributed by atoms with Crippen LogP contribution < -0.4 is 0 Å². The topological polar surface area (TPSA) is 78.9 Å². The van der Waals surface area contributed by atoms with Crippen LogP contribution >= 0.6 is 0 Å². The summed E-state index contributed by atoms with van der Waals surface area (Å²) in [6.07, 6.45) is 9.21. The van der Waals surface area contributed by atoms with E-state index in [1.807, 2.05) is 48.5 Å². The molecule has 0 unspecified atom stereocenters. The summed E-state index contributed by atoms with van der Waals surface area (Å²) in [7, 11) is 0. The van der Waals surface area contributed by atoms with E-state index in [2.05, 4.69) is 91.8 Å². The smallest absolute Gasteiger partial charge is 0.310 e. The lowest BCUT2D eigenvalue weighted by molar-refractivity contribution is -0.148. The largest absolute Gasteiger partial charge is 0.469 e. The highest BCUT2D eigenvalue weighted by Gasteiger charge is 2.62. The van der Waals surface area contributed by atoms with Crippen molar-refractivity contribution in [1.82, 2.24) is 0 Å². The quantitative estimate of drug-likeness (QED) is 0.110. The fourth-order valence-corrected chi connectivity index (χ4v) is 6.87. The van der Waals surface area contributed by atoms with E-state index >= 15 is 0 Å². The molecule has 0 radical (unpaired) electrons. The number of carbonyl (C=O) groups excluding carboxylic acids is 2. The number of benzene rings is 2. The minimum Gasteiger partial charge on any atom is -0.469 e. The van der Waals surface area contributed by atoms with Gasteiger partial charge in [0.05, 0.1) is 24.4 Å². The molecule has 0 spiro atoms. The highest BCUT2D eigenvalue weighted by atomic mass is 16.5. The molecule has 2 aliphatic rings. The molecule has 2 saturated carbocycles. The number of hydrogen-bond acceptors (Lipinski definition) is 6. The van der Waals surface area contributed by atoms with Crippen LogP contribution in [-0.4, -0.2) is 11.9 Å². The summed E-state index contributed by atoms with van der Waals surface area (Å²) in [5, 5.41) is 0. The molecule has 4 atom stereocenters. The molecule has 2 heterocycles. The summed E-state index contributed by atoms with van der Waals surface area (Å²) in [4.78, 5) is 24.8. The van der Waals surface area contributed by atoms with Gasteiger partial charge in [-0.05, 0) is 73.6 Å². The van der Waals surface area contributed by atoms with E-state index in [9.17, 15) is 9.59 Å². The molecule has 2 aromatic carbocycles. The number of esters is 2. The minimum atomic E-state index is -0.113. The van der Waals surface area contributed by atoms with E-state index in [0.717, 1.165) is 35.5 Å². The molecule has 6 rings (SSSR count). The zero-order chi connectivity index (χ0) is 36.1. The zero-order valence-corrected chi connectivity index (χ0v) is 30.8. The average Bonchev–Trinajstić information content (AvgIpc) is 3.51. The third kappa shape index (κ3) is 9.35. The monoisotopic (exact) mass is 676 g/mol. The van der Waals surface area contributed by atoms with Gasteiger partial charge in [0, 0.05) is 24.0 Å². The number of carbonyl (C=O) groups is 2. The van der Waals surface area contributed by atoms with Crippen LogP contribution in [0.4, 0.5) is 0 Å². The summed E-state index contributed by atoms with van der Waals surface area (Å²) >= 11 is 0. The molecule has 0 saturated heterocycles. The van der Waals surface area contributed by atoms with Gasteiger partial charge in [-0.1, -0.05) is 112 Å². The number of ether oxygens (including phenoxy) is 2. The van der Waals surface area contributed by atoms with E-state index in [1.54, 1.807) is 12.5 Å². The third-order valence-corrected chi connectivity index (χ3v) is 9.98. The zero-order valence-electron chi connectivity index (χ0n) is 30.8. The van der Waals surface area contributed by atoms with Gasteiger partial charge in [0.2, 0.25) is 0 Å². The lowest BCUT2D eigenvalue weighted by Crippen LogP contribution is -2.10. The molecule has 4 aromatic rings. The van der Waals surface area contributed by atoms with Crippen LogP contribution in [0.15, 0.2) is 117 Å². The van der Waals surface area contributed by atoms with Crippen molar-refractivity contribution >= 4 is 11.9 Å². The van der Waals surface area contributed by atoms with Crippen LogP contribution in [0.5, 0.6) is 0 Å². The van der Waals surface area contributed by atoms with Crippen molar-refractivity contribution in [2.24, 2.45) is 34.5 Å². The summed E-state index contributed by atoms with van der Waals surface area (Å²) in [5.74, 6) is 2.01. The Labute approximate surface area is 297 Å². The summed E-state index contributed by atoms with van der Waals surface area (Å²) < 4.78 is 22.3. The molecule has 0 aliphatic heterocycles. The summed E-state index contributed by atoms with van der Waals surface area (Å²) in [6.45, 7) is 17.3. The lowest BCUT2D eigenvalue weighted by Gasteiger charge is -2.03. The molecule has 6 heteroatoms. The first kappa shape index (κ1) is 36.7. The van der Waals surface area contributed by atoms with Crippen LogP contribution in [0.2, 0.25) is 0 Å². The van der Waals surface area contributed by atoms with Crippen molar-refractivity contribution in [3.05, 3.63) is 142 Å². The highest BCUT2D eigenvalue weighted by molar-refractivity contribution is 5.79. The fourth-order valence-electron chi connectivity index (χ4n) is 6.87. The Balaban J connectivity index is 0.000000194. The van der Waals surface area contributed by atoms with E-state index in [0.29, 0.717) is 0 Å². The van der Waals surface area contributed by atoms with Gasteiger partial charge in [-0.25, -0.2) is 0 Å². The molecule has 264 valence electrons. The van der Waals surface area contributed by atoms with Gasteiger partial charge in [-0.15, -0.1) is 0 Å². The van der Waals surface area contributed by atoms with Crippen molar-refractivity contribution in [1.29, 1.82) is 0 Å². The van der Waals surface area contributed by atoms with Crippen LogP contribution in [0.3, 0.4) is 0 Å². The van der Waals surface area contributed by atoms with Gasteiger partial charge in [0.25, 0.3) is 0 Å². The van der Waals surface area contributed by atoms with Gasteiger partial charge in [0.1, 0.15) is 24.7 Å². The van der Waals surface area contributed by atoms with Crippen LogP contribution in [0.1, 0.15) is 89.2 Å². The fraction of sp³-hybridized carbons (Fsp3) is 0.409. The molecule has 0 bridgehead atoms. The predicted octanol–water partition coefficient (Wildman–Crippen LogP) is 10.3. The van der Waals surface area contributed by atoms with E-state index in [-0.39, 0.29) is 59.7 Å². The summed E-state index contributed by atoms with van der Waals surface area (Å²) in [5.41, 5.74) is 6.66. The first-order valence-corrected chi connectivity index (χ1v) is 17.6. The second kappa shape index (κ2) is 15.5. The maximum atomic E-state index is 12.4. The van der Waals surface area contributed by atoms with E-state index in [1.165, 1.54) is 22.3 Å². The van der Waals surface area contributed by atoms with Crippen molar-refractivity contribution in [3.63, 3.8) is 0 Å². The number of furan rings is 2. The van der Waals surface area contributed by atoms with E-state index < -0.39 is 0 Å². The number of hydrogen-bond donors (Lipinski definition) is 0. The second-order valence-corrected chi connectivity index (χ2v) is 15.5. The highest BCUT2D eigenvalue weighted by Crippen LogP contribution is 2.60. The molecule has 2 fully saturated rings. The number of allylic oxidation sites excluding steroid dienone is 4. The lowest BCUT2D eigenvalue weighted by atomic mass is 10.1. The molecule has 50 heavy (non-hydrogen) atoms. The Kier molecular flexibility index (Phi) is 11.4. The van der Waals surface area contributed by atoms with Gasteiger partial charge in [0.15, 0.2) is 0 Å². The second-order valence-electron chi connectivity index (χ2n) is 15.5. The SMILES string of the molecule is CC(C)=C[C@@H]1[C@@H](C(=O)OCc2coc(Cc3ccccc3)c2)C1(C)C.CC(C)=C[C@H]1[C@@H](C(=O)OCc2coc(Cc3ccccc3)c2)C1(C)C. The first-order valence-electron chi connectivity index (χ1n) is 17.6. The Bertz CT molecular complexity index is 1660. The molecule has 6 nitrogen and oxygen atoms in total. The van der Waals surface area contributed by atoms with Crippen LogP contribution in [-0.2, 0) is 45.1 Å². The minimum absolute atomic E-state index is 0.0107. The van der Waals surface area contributed by atoms with Crippen molar-refractivity contribution in [2.45, 2.75) is 81.4 Å². The van der Waals surface area contributed by atoms with Crippen molar-refractivity contribution < 1.29 is 27.9 Å². The average molecular weight is 677 g/mol. The maximum absolute atomic E-state index is 12.4. The molecule has 2 aromatic heterocycles. The Morgan fingerprint density at radius 3 is 1.30 bits per heavy atom. The van der Waals surface area contributed by atoms with Crippen LogP contribution in [0, 0.1) is 34.5 Å². The summed E-state index contributed by atoms with van der Waals surface area (Å²) in [6, 6.07) is 24.3. The normalized spacial score (nSPS) is 20.8. The van der Waals surface area contributed by atoms with Gasteiger partial charge >= 0.3 is 11.9 Å². The first-order chi connectivity index (χ1) is 23.8. The van der Waals surface area contributed by atoms with E-state index in [4.69, 9.17) is 18.3 Å². The van der Waals surface area contributed by atoms with Gasteiger partial charge < -0.3 is 18.3 Å². The molecule has 2 aliphatic carbocycles. The Morgan fingerprint density at radius 1 is 0.600 bits per heavy atom. The molecule has 0 amide bonds. The van der Waals surface area contributed by atoms with Crippen molar-refractivity contribution in [2.75, 3.05) is 0 Å². The van der Waals surface area contributed by atoms with Crippen molar-refractivity contribution in [3.8, 4) is 0 Å². The maximum Gasteiger partial charge on any atom is 0.310 e. The molecular weight excluding hydrogens is 624 g/mol. The standard InChI is InChI=1S/2C22H26O3/c2*1-15(2)10-19-20(22(19,3)4)21(23)25-14-17-12-18(24-13-17)11-16-8-6-5-7-9-16/h2*5-10,12-13,19-20H,11,14H2,1-4H3/t19-,20+;19-,20-/m10/s1. The predicted molar refractivity (Wildman–Crippen MR) is 196 cm³/mol. The Morgan fingerprint density at radius 2 is 0.960 bits per heavy atom. The molecular formula is C44H52O6. The number of rotatable bonds is 12. The van der Waals surface area contributed by atoms with Gasteiger partial charge in [-0.2, -0.15) is 0 Å². The van der Waals surface area contributed by atoms with Gasteiger partial charge in [-0.3, -0.25) is 9.59 Å².